The molecule has 1 fully saturated rings. The number of hydrogen-bond acceptors (Lipinski definition) is 6. The summed E-state index contributed by atoms with van der Waals surface area (Å²) in [4.78, 5) is 40.4. The first-order chi connectivity index (χ1) is 16.1. The molecule has 1 saturated carbocycles. The zero-order valence-electron chi connectivity index (χ0n) is 19.5. The van der Waals surface area contributed by atoms with Crippen molar-refractivity contribution in [2.45, 2.75) is 58.0 Å². The smallest absolute Gasteiger partial charge is 0.405 e. The van der Waals surface area contributed by atoms with Gasteiger partial charge < -0.3 is 30.5 Å². The number of anilines is 1. The lowest BCUT2D eigenvalue weighted by atomic mass is 10.1. The van der Waals surface area contributed by atoms with Crippen molar-refractivity contribution in [2.24, 2.45) is 5.73 Å². The molecule has 12 heteroatoms. The molecule has 1 aliphatic carbocycles. The maximum absolute atomic E-state index is 14.0. The van der Waals surface area contributed by atoms with Crippen molar-refractivity contribution in [3.8, 4) is 0 Å². The molecule has 0 bridgehead atoms. The third kappa shape index (κ3) is 7.08. The van der Waals surface area contributed by atoms with Gasteiger partial charge in [-0.3, -0.25) is 14.5 Å². The summed E-state index contributed by atoms with van der Waals surface area (Å²) in [5, 5.41) is 11.1. The minimum absolute atomic E-state index is 0.0808. The molecule has 10 nitrogen and oxygen atoms in total. The minimum Gasteiger partial charge on any atom is -0.465 e. The Labute approximate surface area is 197 Å². The molecule has 0 aliphatic heterocycles. The van der Waals surface area contributed by atoms with Crippen LogP contribution in [-0.4, -0.2) is 78.6 Å². The molecule has 2 atom stereocenters. The third-order valence-corrected chi connectivity index (χ3v) is 5.32. The van der Waals surface area contributed by atoms with Crippen LogP contribution in [0.1, 0.15) is 33.6 Å². The largest absolute Gasteiger partial charge is 0.465 e. The average molecular weight is 487 g/mol. The van der Waals surface area contributed by atoms with Gasteiger partial charge in [-0.2, -0.15) is 0 Å². The highest BCUT2D eigenvalue weighted by molar-refractivity contribution is 6.04. The Kier molecular flexibility index (Phi) is 10.1. The van der Waals surface area contributed by atoms with E-state index in [9.17, 15) is 23.2 Å². The number of carbonyl (C=O) groups is 3. The monoisotopic (exact) mass is 486 g/mol. The zero-order valence-corrected chi connectivity index (χ0v) is 19.5. The van der Waals surface area contributed by atoms with Crippen LogP contribution in [0.3, 0.4) is 0 Å². The van der Waals surface area contributed by atoms with Crippen LogP contribution in [0.25, 0.3) is 0 Å². The fraction of sp³-hybridized carbons (Fsp3) is 0.591. The van der Waals surface area contributed by atoms with Gasteiger partial charge in [0.05, 0.1) is 6.54 Å². The van der Waals surface area contributed by atoms with Crippen LogP contribution in [0.5, 0.6) is 0 Å². The van der Waals surface area contributed by atoms with E-state index in [0.29, 0.717) is 13.2 Å². The second-order valence-electron chi connectivity index (χ2n) is 7.78. The Bertz CT molecular complexity index is 864. The van der Waals surface area contributed by atoms with E-state index in [2.05, 4.69) is 0 Å². The van der Waals surface area contributed by atoms with Gasteiger partial charge in [0.25, 0.3) is 5.91 Å². The Hall–Kier alpha value is -2.83. The van der Waals surface area contributed by atoms with Crippen molar-refractivity contribution < 1.29 is 37.7 Å². The number of benzene rings is 1. The van der Waals surface area contributed by atoms with E-state index in [4.69, 9.17) is 20.3 Å². The van der Waals surface area contributed by atoms with Gasteiger partial charge in [-0.1, -0.05) is 0 Å². The van der Waals surface area contributed by atoms with Gasteiger partial charge in [-0.05, 0) is 45.7 Å². The van der Waals surface area contributed by atoms with Crippen molar-refractivity contribution >= 4 is 23.6 Å². The number of amides is 3. The van der Waals surface area contributed by atoms with Crippen molar-refractivity contribution in [3.63, 3.8) is 0 Å². The molecule has 190 valence electrons. The molecule has 2 rings (SSSR count). The fourth-order valence-electron chi connectivity index (χ4n) is 3.56. The standard InChI is InChI=1S/C22H32F2N4O6/c1-4-33-19(34-5-2)12-27(14-6-7-14)20(29)13(3)28(15-8-9-16(23)17(24)10-15)21(30)18(11-25)26-22(31)32/h8-10,13-14,18-19,26H,4-7,11-12,25H2,1-3H3,(H,31,32). The van der Waals surface area contributed by atoms with Gasteiger partial charge in [-0.25, -0.2) is 13.6 Å². The average Bonchev–Trinajstić information content (AvgIpc) is 3.63. The van der Waals surface area contributed by atoms with E-state index in [1.165, 1.54) is 6.92 Å². The summed E-state index contributed by atoms with van der Waals surface area (Å²) in [5.74, 6) is -3.71. The highest BCUT2D eigenvalue weighted by atomic mass is 19.2. The molecule has 0 spiro atoms. The van der Waals surface area contributed by atoms with Crippen LogP contribution in [0.2, 0.25) is 0 Å². The number of nitrogens with two attached hydrogens (primary N) is 1. The summed E-state index contributed by atoms with van der Waals surface area (Å²) in [6.07, 6.45) is -0.656. The highest BCUT2D eigenvalue weighted by Gasteiger charge is 2.40. The van der Waals surface area contributed by atoms with E-state index in [0.717, 1.165) is 35.9 Å². The second-order valence-corrected chi connectivity index (χ2v) is 7.78. The molecule has 0 saturated heterocycles. The molecule has 0 heterocycles. The van der Waals surface area contributed by atoms with Crippen molar-refractivity contribution in [2.75, 3.05) is 31.2 Å². The zero-order chi connectivity index (χ0) is 25.4. The summed E-state index contributed by atoms with van der Waals surface area (Å²) in [5.41, 5.74) is 5.47. The topological polar surface area (TPSA) is 134 Å². The number of halogens is 2. The lowest BCUT2D eigenvalue weighted by molar-refractivity contribution is -0.160. The Morgan fingerprint density at radius 2 is 1.76 bits per heavy atom. The van der Waals surface area contributed by atoms with Gasteiger partial charge in [-0.15, -0.1) is 0 Å². The molecule has 3 amide bonds. The highest BCUT2D eigenvalue weighted by Crippen LogP contribution is 2.30. The molecular formula is C22H32F2N4O6. The predicted molar refractivity (Wildman–Crippen MR) is 119 cm³/mol. The van der Waals surface area contributed by atoms with E-state index in [1.54, 1.807) is 18.7 Å². The number of ether oxygens (including phenoxy) is 2. The predicted octanol–water partition coefficient (Wildman–Crippen LogP) is 1.67. The summed E-state index contributed by atoms with van der Waals surface area (Å²) < 4.78 is 38.7. The van der Waals surface area contributed by atoms with Crippen molar-refractivity contribution in [1.82, 2.24) is 10.2 Å². The van der Waals surface area contributed by atoms with Crippen LogP contribution in [0, 0.1) is 11.6 Å². The van der Waals surface area contributed by atoms with E-state index >= 15 is 0 Å². The molecule has 4 N–H and O–H groups in total. The molecule has 34 heavy (non-hydrogen) atoms. The van der Waals surface area contributed by atoms with Gasteiger partial charge in [0.1, 0.15) is 12.1 Å². The summed E-state index contributed by atoms with van der Waals surface area (Å²) in [6.45, 7) is 5.46. The Morgan fingerprint density at radius 3 is 2.24 bits per heavy atom. The summed E-state index contributed by atoms with van der Waals surface area (Å²) >= 11 is 0. The van der Waals surface area contributed by atoms with E-state index in [-0.39, 0.29) is 18.3 Å². The molecule has 2 unspecified atom stereocenters. The Morgan fingerprint density at radius 1 is 1.15 bits per heavy atom. The van der Waals surface area contributed by atoms with Gasteiger partial charge >= 0.3 is 6.09 Å². The van der Waals surface area contributed by atoms with Gasteiger partial charge in [0.15, 0.2) is 17.9 Å². The number of nitrogens with zero attached hydrogens (tertiary/aromatic N) is 2. The van der Waals surface area contributed by atoms with E-state index in [1.807, 2.05) is 5.32 Å². The minimum atomic E-state index is -1.50. The van der Waals surface area contributed by atoms with Crippen molar-refractivity contribution in [1.29, 1.82) is 0 Å². The summed E-state index contributed by atoms with van der Waals surface area (Å²) in [7, 11) is 0. The lowest BCUT2D eigenvalue weighted by Crippen LogP contribution is -2.58. The van der Waals surface area contributed by atoms with Crippen LogP contribution in [0.15, 0.2) is 18.2 Å². The van der Waals surface area contributed by atoms with Crippen LogP contribution in [-0.2, 0) is 19.1 Å². The van der Waals surface area contributed by atoms with E-state index < -0.39 is 54.5 Å². The van der Waals surface area contributed by atoms with Crippen LogP contribution in [0.4, 0.5) is 19.3 Å². The third-order valence-electron chi connectivity index (χ3n) is 5.32. The van der Waals surface area contributed by atoms with Gasteiger partial charge in [0, 0.05) is 37.6 Å². The molecular weight excluding hydrogens is 454 g/mol. The quantitative estimate of drug-likeness (QED) is 0.361. The normalized spacial score (nSPS) is 15.0. The maximum Gasteiger partial charge on any atom is 0.405 e. The number of rotatable bonds is 13. The molecule has 1 aromatic carbocycles. The number of nitrogens with one attached hydrogen (secondary N) is 1. The van der Waals surface area contributed by atoms with Crippen molar-refractivity contribution in [3.05, 3.63) is 29.8 Å². The number of carbonyl (C=O) groups excluding carboxylic acids is 2. The lowest BCUT2D eigenvalue weighted by Gasteiger charge is -2.36. The molecule has 1 aromatic rings. The second kappa shape index (κ2) is 12.6. The van der Waals surface area contributed by atoms with Crippen LogP contribution < -0.4 is 16.0 Å². The van der Waals surface area contributed by atoms with Crippen LogP contribution >= 0.6 is 0 Å². The number of hydrogen-bond donors (Lipinski definition) is 3. The molecule has 0 aromatic heterocycles. The Balaban J connectivity index is 2.40. The first-order valence-electron chi connectivity index (χ1n) is 11.2. The first kappa shape index (κ1) is 27.4. The number of carboxylic acid groups (broad SMARTS) is 1. The fourth-order valence-corrected chi connectivity index (χ4v) is 3.56. The SMILES string of the molecule is CCOC(CN(C(=O)C(C)N(C(=O)C(CN)NC(=O)O)c1ccc(F)c(F)c1)C1CC1)OCC. The first-order valence-corrected chi connectivity index (χ1v) is 11.2. The maximum atomic E-state index is 14.0. The summed E-state index contributed by atoms with van der Waals surface area (Å²) in [6, 6.07) is 0.0575. The molecule has 0 radical (unpaired) electrons. The van der Waals surface area contributed by atoms with Gasteiger partial charge in [0.2, 0.25) is 5.91 Å². The molecule has 1 aliphatic rings.